The number of ether oxygens (including phenoxy) is 3. The van der Waals surface area contributed by atoms with Gasteiger partial charge in [0.15, 0.2) is 6.10 Å². The fraction of sp³-hybridized carbons (Fsp3) is 0.795. The molecule has 0 aromatic carbocycles. The van der Waals surface area contributed by atoms with Gasteiger partial charge in [-0.3, -0.25) is 0 Å². The van der Waals surface area contributed by atoms with Crippen molar-refractivity contribution in [3.63, 3.8) is 0 Å². The Kier molecular flexibility index (Phi) is 40.0. The maximum Gasteiger partial charge on any atom is 0.407 e. The maximum absolute atomic E-state index is 12.3. The summed E-state index contributed by atoms with van der Waals surface area (Å²) in [6.45, 7) is 7.99. The number of hydrogen-bond donors (Lipinski definition) is 1. The predicted molar refractivity (Wildman–Crippen MR) is 217 cm³/mol. The molecule has 0 heterocycles. The predicted octanol–water partition coefficient (Wildman–Crippen LogP) is 12.3. The van der Waals surface area contributed by atoms with Crippen molar-refractivity contribution in [3.8, 4) is 0 Å². The molecule has 0 atom stereocenters. The third kappa shape index (κ3) is 40.5. The second-order valence-electron chi connectivity index (χ2n) is 14.1. The van der Waals surface area contributed by atoms with Crippen molar-refractivity contribution in [1.82, 2.24) is 10.2 Å². The third-order valence-corrected chi connectivity index (χ3v) is 8.69. The molecule has 0 aliphatic carbocycles. The topological polar surface area (TPSA) is 60.0 Å². The van der Waals surface area contributed by atoms with E-state index in [0.29, 0.717) is 33.0 Å². The van der Waals surface area contributed by atoms with Crippen LogP contribution in [-0.2, 0) is 14.2 Å². The number of nitrogens with zero attached hydrogens (tertiary/aromatic N) is 1. The van der Waals surface area contributed by atoms with Crippen molar-refractivity contribution in [2.24, 2.45) is 0 Å². The Labute approximate surface area is 310 Å². The van der Waals surface area contributed by atoms with Gasteiger partial charge < -0.3 is 24.4 Å². The lowest BCUT2D eigenvalue weighted by atomic mass is 10.1. The minimum absolute atomic E-state index is 0.380. The van der Waals surface area contributed by atoms with Crippen LogP contribution < -0.4 is 5.32 Å². The zero-order valence-electron chi connectivity index (χ0n) is 33.5. The molecule has 0 spiro atoms. The van der Waals surface area contributed by atoms with E-state index in [-0.39, 0.29) is 6.10 Å². The number of amides is 1. The summed E-state index contributed by atoms with van der Waals surface area (Å²) in [4.78, 5) is 14.4. The standard InChI is InChI=1S/C44H82N2O4/c1-5-7-9-11-13-15-17-19-21-23-25-27-29-31-33-35-39-48-41-43(50-44(47)45-37-38-46(3)4)42-49-40-36-34-32-30-28-26-24-22-20-18-16-14-12-10-8-6-2/h13-16,19-22,43H,5-12,17-18,23-42H2,1-4H3,(H,45,47). The molecular formula is C44H82N2O4. The molecule has 0 aromatic rings. The fourth-order valence-electron chi connectivity index (χ4n) is 5.50. The first-order valence-electron chi connectivity index (χ1n) is 20.9. The summed E-state index contributed by atoms with van der Waals surface area (Å²) in [7, 11) is 3.97. The van der Waals surface area contributed by atoms with Crippen molar-refractivity contribution < 1.29 is 19.0 Å². The molecule has 0 aromatic heterocycles. The number of rotatable bonds is 38. The normalized spacial score (nSPS) is 12.8. The zero-order chi connectivity index (χ0) is 36.4. The Morgan fingerprint density at radius 1 is 0.540 bits per heavy atom. The van der Waals surface area contributed by atoms with E-state index in [4.69, 9.17) is 14.2 Å². The molecule has 6 heteroatoms. The van der Waals surface area contributed by atoms with Crippen LogP contribution in [-0.4, -0.2) is 70.7 Å². The average molecular weight is 703 g/mol. The molecule has 0 fully saturated rings. The Morgan fingerprint density at radius 2 is 0.920 bits per heavy atom. The summed E-state index contributed by atoms with van der Waals surface area (Å²) >= 11 is 0. The van der Waals surface area contributed by atoms with Crippen molar-refractivity contribution in [3.05, 3.63) is 48.6 Å². The lowest BCUT2D eigenvalue weighted by molar-refractivity contribution is -0.0292. The molecule has 1 N–H and O–H groups in total. The quantitative estimate of drug-likeness (QED) is 0.0513. The van der Waals surface area contributed by atoms with E-state index in [1.807, 2.05) is 19.0 Å². The van der Waals surface area contributed by atoms with Gasteiger partial charge >= 0.3 is 6.09 Å². The van der Waals surface area contributed by atoms with E-state index < -0.39 is 6.09 Å². The molecule has 50 heavy (non-hydrogen) atoms. The van der Waals surface area contributed by atoms with Crippen molar-refractivity contribution in [2.75, 3.05) is 53.6 Å². The lowest BCUT2D eigenvalue weighted by Gasteiger charge is -2.19. The van der Waals surface area contributed by atoms with Gasteiger partial charge in [0.05, 0.1) is 13.2 Å². The van der Waals surface area contributed by atoms with E-state index in [2.05, 4.69) is 67.8 Å². The number of carbonyl (C=O) groups is 1. The highest BCUT2D eigenvalue weighted by Crippen LogP contribution is 2.10. The van der Waals surface area contributed by atoms with Gasteiger partial charge in [-0.1, -0.05) is 140 Å². The number of hydrogen-bond acceptors (Lipinski definition) is 5. The second-order valence-corrected chi connectivity index (χ2v) is 14.1. The minimum Gasteiger partial charge on any atom is -0.441 e. The van der Waals surface area contributed by atoms with E-state index in [1.165, 1.54) is 128 Å². The van der Waals surface area contributed by atoms with Crippen LogP contribution in [0.15, 0.2) is 48.6 Å². The van der Waals surface area contributed by atoms with Gasteiger partial charge in [-0.05, 0) is 91.1 Å². The second kappa shape index (κ2) is 41.5. The fourth-order valence-corrected chi connectivity index (χ4v) is 5.50. The molecule has 292 valence electrons. The highest BCUT2D eigenvalue weighted by molar-refractivity contribution is 5.67. The number of likely N-dealkylation sites (N-methyl/N-ethyl adjacent to an activating group) is 1. The Hall–Kier alpha value is -1.89. The van der Waals surface area contributed by atoms with Crippen LogP contribution in [0.4, 0.5) is 4.79 Å². The molecule has 0 aliphatic rings. The van der Waals surface area contributed by atoms with Crippen molar-refractivity contribution >= 4 is 6.09 Å². The van der Waals surface area contributed by atoms with Gasteiger partial charge in [-0.15, -0.1) is 0 Å². The average Bonchev–Trinajstić information content (AvgIpc) is 3.10. The molecule has 0 saturated carbocycles. The number of carbonyl (C=O) groups excluding carboxylic acids is 1. The maximum atomic E-state index is 12.3. The van der Waals surface area contributed by atoms with Crippen LogP contribution in [0.25, 0.3) is 0 Å². The van der Waals surface area contributed by atoms with Gasteiger partial charge in [-0.2, -0.15) is 0 Å². The molecule has 0 saturated heterocycles. The van der Waals surface area contributed by atoms with E-state index in [9.17, 15) is 4.79 Å². The highest BCUT2D eigenvalue weighted by Gasteiger charge is 2.15. The largest absolute Gasteiger partial charge is 0.441 e. The van der Waals surface area contributed by atoms with Crippen LogP contribution in [0.5, 0.6) is 0 Å². The van der Waals surface area contributed by atoms with E-state index in [1.54, 1.807) is 0 Å². The SMILES string of the molecule is CCCCCC=CCC=CCCCCCCCCOCC(COCCCCCCCCC=CCC=CCCCCC)OC(=O)NCCN(C)C. The van der Waals surface area contributed by atoms with Gasteiger partial charge in [0, 0.05) is 26.3 Å². The first-order valence-corrected chi connectivity index (χ1v) is 20.9. The Balaban J connectivity index is 3.95. The zero-order valence-corrected chi connectivity index (χ0v) is 33.5. The number of allylic oxidation sites excluding steroid dienone is 8. The molecule has 0 rings (SSSR count). The van der Waals surface area contributed by atoms with Crippen LogP contribution in [0.3, 0.4) is 0 Å². The van der Waals surface area contributed by atoms with Crippen molar-refractivity contribution in [2.45, 2.75) is 174 Å². The first kappa shape index (κ1) is 48.1. The molecule has 0 aliphatic heterocycles. The van der Waals surface area contributed by atoms with E-state index in [0.717, 1.165) is 32.2 Å². The van der Waals surface area contributed by atoms with Crippen molar-refractivity contribution in [1.29, 1.82) is 0 Å². The molecule has 0 bridgehead atoms. The number of nitrogens with one attached hydrogen (secondary N) is 1. The Bertz CT molecular complexity index is 756. The van der Waals surface area contributed by atoms with Crippen LogP contribution in [0.2, 0.25) is 0 Å². The minimum atomic E-state index is -0.397. The monoisotopic (exact) mass is 703 g/mol. The van der Waals surface area contributed by atoms with E-state index >= 15 is 0 Å². The van der Waals surface area contributed by atoms with Crippen LogP contribution >= 0.6 is 0 Å². The van der Waals surface area contributed by atoms with Crippen LogP contribution in [0.1, 0.15) is 168 Å². The molecular weight excluding hydrogens is 620 g/mol. The van der Waals surface area contributed by atoms with Gasteiger partial charge in [-0.25, -0.2) is 4.79 Å². The smallest absolute Gasteiger partial charge is 0.407 e. The first-order chi connectivity index (χ1) is 24.6. The third-order valence-electron chi connectivity index (χ3n) is 8.69. The van der Waals surface area contributed by atoms with Gasteiger partial charge in [0.2, 0.25) is 0 Å². The van der Waals surface area contributed by atoms with Crippen LogP contribution in [0, 0.1) is 0 Å². The molecule has 1 amide bonds. The molecule has 0 unspecified atom stereocenters. The lowest BCUT2D eigenvalue weighted by Crippen LogP contribution is -2.37. The summed E-state index contributed by atoms with van der Waals surface area (Å²) < 4.78 is 17.5. The summed E-state index contributed by atoms with van der Waals surface area (Å²) in [6.07, 6.45) is 47.3. The van der Waals surface area contributed by atoms with Gasteiger partial charge in [0.1, 0.15) is 0 Å². The van der Waals surface area contributed by atoms with Gasteiger partial charge in [0.25, 0.3) is 0 Å². The Morgan fingerprint density at radius 3 is 1.32 bits per heavy atom. The summed E-state index contributed by atoms with van der Waals surface area (Å²) in [5.74, 6) is 0. The molecule has 0 radical (unpaired) electrons. The summed E-state index contributed by atoms with van der Waals surface area (Å²) in [5, 5.41) is 2.84. The number of unbranched alkanes of at least 4 members (excludes halogenated alkanes) is 18. The highest BCUT2D eigenvalue weighted by atomic mass is 16.6. The molecule has 6 nitrogen and oxygen atoms in total. The summed E-state index contributed by atoms with van der Waals surface area (Å²) in [6, 6.07) is 0. The summed E-state index contributed by atoms with van der Waals surface area (Å²) in [5.41, 5.74) is 0. The number of alkyl carbamates (subject to hydrolysis) is 1.